The van der Waals surface area contributed by atoms with E-state index in [0.29, 0.717) is 16.6 Å². The number of nitrogens with zero attached hydrogens (tertiary/aromatic N) is 3. The third kappa shape index (κ3) is 3.10. The van der Waals surface area contributed by atoms with Gasteiger partial charge in [-0.2, -0.15) is 10.1 Å². The Morgan fingerprint density at radius 1 is 1.03 bits per heavy atom. The van der Waals surface area contributed by atoms with E-state index in [0.717, 1.165) is 39.2 Å². The van der Waals surface area contributed by atoms with Crippen LogP contribution in [-0.2, 0) is 16.1 Å². The molecule has 3 aliphatic rings. The number of hydrazone groups is 1. The highest BCUT2D eigenvalue weighted by atomic mass is 35.5. The molecule has 6 rings (SSSR count). The fourth-order valence-corrected chi connectivity index (χ4v) is 6.23. The van der Waals surface area contributed by atoms with Crippen molar-refractivity contribution in [2.24, 2.45) is 28.8 Å². The van der Waals surface area contributed by atoms with Crippen molar-refractivity contribution in [2.75, 3.05) is 0 Å². The Morgan fingerprint density at radius 3 is 2.42 bits per heavy atom. The summed E-state index contributed by atoms with van der Waals surface area (Å²) in [6.45, 7) is 2.58. The first-order valence-corrected chi connectivity index (χ1v) is 11.8. The van der Waals surface area contributed by atoms with Crippen molar-refractivity contribution in [1.29, 1.82) is 0 Å². The molecule has 166 valence electrons. The number of allylic oxidation sites excluding steroid dienone is 2. The summed E-state index contributed by atoms with van der Waals surface area (Å²) in [4.78, 5) is 26.0. The summed E-state index contributed by atoms with van der Waals surface area (Å²) in [5.41, 5.74) is 3.84. The molecule has 7 heteroatoms. The van der Waals surface area contributed by atoms with Crippen molar-refractivity contribution in [1.82, 2.24) is 9.58 Å². The molecule has 1 saturated carbocycles. The maximum Gasteiger partial charge on any atom is 0.254 e. The molecule has 1 aliphatic heterocycles. The van der Waals surface area contributed by atoms with Crippen molar-refractivity contribution in [3.8, 4) is 0 Å². The number of fused-ring (bicyclic) bond motifs is 6. The first-order chi connectivity index (χ1) is 15.9. The monoisotopic (exact) mass is 477 g/mol. The van der Waals surface area contributed by atoms with Gasteiger partial charge in [0, 0.05) is 38.8 Å². The minimum Gasteiger partial charge on any atom is -0.340 e. The molecule has 0 radical (unpaired) electrons. The highest BCUT2D eigenvalue weighted by molar-refractivity contribution is 6.35. The van der Waals surface area contributed by atoms with E-state index < -0.39 is 0 Å². The maximum absolute atomic E-state index is 13.0. The van der Waals surface area contributed by atoms with Crippen molar-refractivity contribution in [3.05, 3.63) is 81.5 Å². The number of benzene rings is 2. The van der Waals surface area contributed by atoms with E-state index in [4.69, 9.17) is 23.2 Å². The molecule has 3 aromatic rings. The number of hydrogen-bond acceptors (Lipinski definition) is 3. The summed E-state index contributed by atoms with van der Waals surface area (Å²) in [5, 5.41) is 7.73. The first kappa shape index (κ1) is 20.7. The molecule has 33 heavy (non-hydrogen) atoms. The van der Waals surface area contributed by atoms with Crippen LogP contribution < -0.4 is 0 Å². The van der Waals surface area contributed by atoms with Gasteiger partial charge in [-0.1, -0.05) is 59.6 Å². The molecule has 2 fully saturated rings. The summed E-state index contributed by atoms with van der Waals surface area (Å²) < 4.78 is 2.16. The van der Waals surface area contributed by atoms with Gasteiger partial charge < -0.3 is 4.57 Å². The minimum atomic E-state index is -0.251. The third-order valence-electron chi connectivity index (χ3n) is 7.37. The van der Waals surface area contributed by atoms with Crippen LogP contribution in [0.1, 0.15) is 23.2 Å². The molecule has 2 aliphatic carbocycles. The van der Waals surface area contributed by atoms with Gasteiger partial charge in [-0.15, -0.1) is 0 Å². The van der Waals surface area contributed by atoms with Crippen LogP contribution in [0.5, 0.6) is 0 Å². The van der Waals surface area contributed by atoms with Crippen molar-refractivity contribution < 1.29 is 9.59 Å². The van der Waals surface area contributed by atoms with Crippen LogP contribution in [0.15, 0.2) is 59.7 Å². The molecule has 0 spiro atoms. The summed E-state index contributed by atoms with van der Waals surface area (Å²) in [6, 6.07) is 13.5. The number of aromatic nitrogens is 1. The molecule has 2 amide bonds. The van der Waals surface area contributed by atoms with Crippen LogP contribution in [0.2, 0.25) is 10.0 Å². The molecular weight excluding hydrogens is 457 g/mol. The normalized spacial score (nSPS) is 25.8. The standard InChI is InChI=1S/C26H21Cl2N3O2/c1-14-20(12-29-31-25(32)23-15-6-7-16(10-15)24(23)26(31)33)19-4-2-3-5-22(19)30(14)13-17-8-9-18(27)11-21(17)28/h2-9,11-12,15-16,23-24H,10,13H2,1H3. The lowest BCUT2D eigenvalue weighted by atomic mass is 9.85. The number of amides is 2. The van der Waals surface area contributed by atoms with Gasteiger partial charge in [0.05, 0.1) is 18.1 Å². The second-order valence-corrected chi connectivity index (χ2v) is 9.91. The zero-order chi connectivity index (χ0) is 22.9. The predicted molar refractivity (Wildman–Crippen MR) is 129 cm³/mol. The molecule has 2 bridgehead atoms. The predicted octanol–water partition coefficient (Wildman–Crippen LogP) is 5.45. The van der Waals surface area contributed by atoms with Gasteiger partial charge in [0.2, 0.25) is 0 Å². The van der Waals surface area contributed by atoms with Gasteiger partial charge >= 0.3 is 0 Å². The molecule has 5 nitrogen and oxygen atoms in total. The Balaban J connectivity index is 1.36. The quantitative estimate of drug-likeness (QED) is 0.285. The number of carbonyl (C=O) groups is 2. The molecule has 4 unspecified atom stereocenters. The van der Waals surface area contributed by atoms with E-state index in [1.807, 2.05) is 43.3 Å². The Morgan fingerprint density at radius 2 is 1.73 bits per heavy atom. The number of imide groups is 1. The van der Waals surface area contributed by atoms with E-state index >= 15 is 0 Å². The van der Waals surface area contributed by atoms with Gasteiger partial charge in [0.25, 0.3) is 11.8 Å². The highest BCUT2D eigenvalue weighted by Crippen LogP contribution is 2.52. The zero-order valence-corrected chi connectivity index (χ0v) is 19.4. The lowest BCUT2D eigenvalue weighted by Gasteiger charge is -2.13. The number of para-hydroxylation sites is 1. The fraction of sp³-hybridized carbons (Fsp3) is 0.269. The molecule has 2 heterocycles. The van der Waals surface area contributed by atoms with Crippen molar-refractivity contribution >= 4 is 52.1 Å². The highest BCUT2D eigenvalue weighted by Gasteiger charge is 2.59. The number of carbonyl (C=O) groups excluding carboxylic acids is 2. The van der Waals surface area contributed by atoms with Crippen LogP contribution in [-0.4, -0.2) is 27.6 Å². The molecule has 0 N–H and O–H groups in total. The minimum absolute atomic E-state index is 0.171. The first-order valence-electron chi connectivity index (χ1n) is 11.1. The van der Waals surface area contributed by atoms with Crippen LogP contribution >= 0.6 is 23.2 Å². The van der Waals surface area contributed by atoms with Crippen molar-refractivity contribution in [2.45, 2.75) is 19.9 Å². The fourth-order valence-electron chi connectivity index (χ4n) is 5.76. The van der Waals surface area contributed by atoms with E-state index in [1.165, 1.54) is 0 Å². The van der Waals surface area contributed by atoms with E-state index in [-0.39, 0.29) is 35.5 Å². The lowest BCUT2D eigenvalue weighted by molar-refractivity contribution is -0.140. The second-order valence-electron chi connectivity index (χ2n) is 9.07. The number of halogens is 2. The largest absolute Gasteiger partial charge is 0.340 e. The van der Waals surface area contributed by atoms with Crippen LogP contribution in [0.3, 0.4) is 0 Å². The second kappa shape index (κ2) is 7.57. The van der Waals surface area contributed by atoms with E-state index in [2.05, 4.69) is 21.8 Å². The zero-order valence-electron chi connectivity index (χ0n) is 17.9. The molecule has 4 atom stereocenters. The topological polar surface area (TPSA) is 54.7 Å². The molecule has 2 aromatic carbocycles. The maximum atomic E-state index is 13.0. The number of hydrogen-bond donors (Lipinski definition) is 0. The SMILES string of the molecule is Cc1c(C=NN2C(=O)C3C4C=CC(C4)C3C2=O)c2ccccc2n1Cc1ccc(Cl)cc1Cl. The van der Waals surface area contributed by atoms with E-state index in [9.17, 15) is 9.59 Å². The molecular formula is C26H21Cl2N3O2. The third-order valence-corrected chi connectivity index (χ3v) is 7.96. The summed E-state index contributed by atoms with van der Waals surface area (Å²) in [7, 11) is 0. The average Bonchev–Trinajstić information content (AvgIpc) is 3.53. The Hall–Kier alpha value is -2.89. The Bertz CT molecular complexity index is 1360. The lowest BCUT2D eigenvalue weighted by Crippen LogP contribution is -2.28. The van der Waals surface area contributed by atoms with Gasteiger partial charge in [-0.3, -0.25) is 9.59 Å². The van der Waals surface area contributed by atoms with Gasteiger partial charge in [0.1, 0.15) is 0 Å². The Kier molecular flexibility index (Phi) is 4.75. The van der Waals surface area contributed by atoms with Crippen LogP contribution in [0.4, 0.5) is 0 Å². The van der Waals surface area contributed by atoms with Crippen LogP contribution in [0, 0.1) is 30.6 Å². The smallest absolute Gasteiger partial charge is 0.254 e. The Labute approximate surface area is 201 Å². The molecule has 1 saturated heterocycles. The van der Waals surface area contributed by atoms with Crippen LogP contribution in [0.25, 0.3) is 10.9 Å². The number of rotatable bonds is 4. The van der Waals surface area contributed by atoms with Gasteiger partial charge in [-0.25, -0.2) is 0 Å². The van der Waals surface area contributed by atoms with Crippen molar-refractivity contribution in [3.63, 3.8) is 0 Å². The van der Waals surface area contributed by atoms with E-state index in [1.54, 1.807) is 12.3 Å². The van der Waals surface area contributed by atoms with Gasteiger partial charge in [-0.05, 0) is 48.9 Å². The molecule has 1 aromatic heterocycles. The summed E-state index contributed by atoms with van der Waals surface area (Å²) in [5.74, 6) is -0.507. The average molecular weight is 478 g/mol. The van der Waals surface area contributed by atoms with Gasteiger partial charge in [0.15, 0.2) is 0 Å². The summed E-state index contributed by atoms with van der Waals surface area (Å²) in [6.07, 6.45) is 6.74. The summed E-state index contributed by atoms with van der Waals surface area (Å²) >= 11 is 12.5.